The summed E-state index contributed by atoms with van der Waals surface area (Å²) in [4.78, 5) is 19.8. The van der Waals surface area contributed by atoms with Crippen molar-refractivity contribution in [2.45, 2.75) is 45.4 Å². The summed E-state index contributed by atoms with van der Waals surface area (Å²) >= 11 is 1.70. The first-order valence-electron chi connectivity index (χ1n) is 13.2. The summed E-state index contributed by atoms with van der Waals surface area (Å²) in [5, 5.41) is 15.8. The van der Waals surface area contributed by atoms with Gasteiger partial charge in [-0.2, -0.15) is 0 Å². The van der Waals surface area contributed by atoms with Crippen molar-refractivity contribution in [3.05, 3.63) is 98.2 Å². The second kappa shape index (κ2) is 11.4. The van der Waals surface area contributed by atoms with E-state index in [4.69, 9.17) is 9.47 Å². The molecule has 0 fully saturated rings. The van der Waals surface area contributed by atoms with Gasteiger partial charge in [0.25, 0.3) is 5.56 Å². The Morgan fingerprint density at radius 2 is 1.87 bits per heavy atom. The van der Waals surface area contributed by atoms with E-state index in [9.17, 15) is 4.79 Å². The highest BCUT2D eigenvalue weighted by Gasteiger charge is 2.26. The Morgan fingerprint density at radius 1 is 1.05 bits per heavy atom. The number of benzene rings is 2. The minimum absolute atomic E-state index is 0.0757. The Hall–Kier alpha value is -4.02. The van der Waals surface area contributed by atoms with E-state index in [1.807, 2.05) is 41.1 Å². The van der Waals surface area contributed by atoms with Crippen LogP contribution in [0.15, 0.2) is 70.8 Å². The third-order valence-electron chi connectivity index (χ3n) is 7.04. The number of ether oxygens (including phenoxy) is 2. The highest BCUT2D eigenvalue weighted by molar-refractivity contribution is 7.09. The van der Waals surface area contributed by atoms with Crippen LogP contribution in [0.5, 0.6) is 11.5 Å². The Kier molecular flexibility index (Phi) is 7.38. The average Bonchev–Trinajstić information content (AvgIpc) is 3.65. The maximum Gasteiger partial charge on any atom is 0.252 e. The molecule has 10 heteroatoms. The van der Waals surface area contributed by atoms with Crippen LogP contribution in [0.3, 0.4) is 0 Å². The zero-order valence-electron chi connectivity index (χ0n) is 21.7. The topological polar surface area (TPSA) is 98.2 Å². The van der Waals surface area contributed by atoms with Crippen LogP contribution in [0.2, 0.25) is 0 Å². The molecule has 6 rings (SSSR count). The van der Waals surface area contributed by atoms with Crippen molar-refractivity contribution in [3.8, 4) is 11.5 Å². The molecule has 2 aromatic carbocycles. The SMILES string of the molecule is CCC(c1nnnn1CCc1ccccc1)N(Cc1cccs1)Cc1cc2cc3c(cc2[nH]c1=O)OCCO3. The van der Waals surface area contributed by atoms with Gasteiger partial charge in [-0.25, -0.2) is 4.68 Å². The first kappa shape index (κ1) is 25.3. The van der Waals surface area contributed by atoms with Crippen molar-refractivity contribution < 1.29 is 9.47 Å². The number of fused-ring (bicyclic) bond motifs is 2. The van der Waals surface area contributed by atoms with Crippen molar-refractivity contribution in [2.24, 2.45) is 0 Å². The molecule has 0 saturated carbocycles. The van der Waals surface area contributed by atoms with Gasteiger partial charge in [-0.1, -0.05) is 43.3 Å². The van der Waals surface area contributed by atoms with Crippen LogP contribution in [0.4, 0.5) is 0 Å². The number of thiophene rings is 1. The number of aryl methyl sites for hydroxylation is 2. The molecule has 1 unspecified atom stereocenters. The molecule has 9 nitrogen and oxygen atoms in total. The van der Waals surface area contributed by atoms with Crippen LogP contribution in [0, 0.1) is 0 Å². The van der Waals surface area contributed by atoms with Gasteiger partial charge in [-0.15, -0.1) is 16.4 Å². The van der Waals surface area contributed by atoms with Gasteiger partial charge in [0.05, 0.1) is 11.6 Å². The van der Waals surface area contributed by atoms with Crippen molar-refractivity contribution in [1.29, 1.82) is 0 Å². The van der Waals surface area contributed by atoms with E-state index in [-0.39, 0.29) is 11.6 Å². The molecule has 200 valence electrons. The fourth-order valence-electron chi connectivity index (χ4n) is 5.10. The number of H-pyrrole nitrogens is 1. The monoisotopic (exact) mass is 542 g/mol. The third-order valence-corrected chi connectivity index (χ3v) is 7.90. The highest BCUT2D eigenvalue weighted by atomic mass is 32.1. The van der Waals surface area contributed by atoms with Crippen molar-refractivity contribution in [1.82, 2.24) is 30.1 Å². The predicted octanol–water partition coefficient (Wildman–Crippen LogP) is 4.74. The van der Waals surface area contributed by atoms with Crippen LogP contribution in [0.25, 0.3) is 10.9 Å². The quantitative estimate of drug-likeness (QED) is 0.272. The summed E-state index contributed by atoms with van der Waals surface area (Å²) < 4.78 is 13.4. The van der Waals surface area contributed by atoms with E-state index in [0.717, 1.165) is 29.6 Å². The minimum atomic E-state index is -0.117. The molecule has 0 aliphatic carbocycles. The lowest BCUT2D eigenvalue weighted by Gasteiger charge is -2.30. The fraction of sp³-hybridized carbons (Fsp3) is 0.310. The third kappa shape index (κ3) is 5.57. The van der Waals surface area contributed by atoms with Crippen LogP contribution < -0.4 is 15.0 Å². The van der Waals surface area contributed by atoms with Gasteiger partial charge in [0, 0.05) is 41.5 Å². The Balaban J connectivity index is 1.31. The molecule has 39 heavy (non-hydrogen) atoms. The van der Waals surface area contributed by atoms with Crippen LogP contribution in [-0.2, 0) is 26.1 Å². The number of aromatic nitrogens is 5. The van der Waals surface area contributed by atoms with Gasteiger partial charge in [-0.05, 0) is 52.4 Å². The average molecular weight is 543 g/mol. The highest BCUT2D eigenvalue weighted by Crippen LogP contribution is 2.34. The maximum atomic E-state index is 13.3. The number of tetrazole rings is 1. The summed E-state index contributed by atoms with van der Waals surface area (Å²) in [5.74, 6) is 2.16. The van der Waals surface area contributed by atoms with Gasteiger partial charge in [0.1, 0.15) is 13.2 Å². The zero-order chi connectivity index (χ0) is 26.6. The second-order valence-corrected chi connectivity index (χ2v) is 10.6. The van der Waals surface area contributed by atoms with Crippen molar-refractivity contribution >= 4 is 22.2 Å². The molecular formula is C29H30N6O3S. The smallest absolute Gasteiger partial charge is 0.252 e. The van der Waals surface area contributed by atoms with Gasteiger partial charge in [0.15, 0.2) is 17.3 Å². The molecule has 1 aliphatic heterocycles. The number of nitrogens with one attached hydrogen (secondary N) is 1. The molecule has 0 amide bonds. The normalized spacial score (nSPS) is 13.7. The van der Waals surface area contributed by atoms with Crippen LogP contribution >= 0.6 is 11.3 Å². The van der Waals surface area contributed by atoms with Gasteiger partial charge in [0.2, 0.25) is 0 Å². The van der Waals surface area contributed by atoms with Crippen LogP contribution in [-0.4, -0.2) is 43.3 Å². The molecule has 1 N–H and O–H groups in total. The summed E-state index contributed by atoms with van der Waals surface area (Å²) in [6.45, 7) is 4.96. The first-order chi connectivity index (χ1) is 19.2. The molecule has 0 spiro atoms. The lowest BCUT2D eigenvalue weighted by molar-refractivity contribution is 0.162. The standard InChI is InChI=1S/C29H30N6O3S/c1-2-25(28-31-32-33-35(28)11-10-20-7-4-3-5-8-20)34(19-23-9-6-14-39-23)18-22-15-21-16-26-27(38-13-12-37-26)17-24(21)30-29(22)36/h3-9,14-17,25H,2,10-13,18-19H2,1H3,(H,30,36). The van der Waals surface area contributed by atoms with E-state index in [0.29, 0.717) is 49.9 Å². The largest absolute Gasteiger partial charge is 0.486 e. The Bertz CT molecular complexity index is 1600. The fourth-order valence-corrected chi connectivity index (χ4v) is 5.83. The summed E-state index contributed by atoms with van der Waals surface area (Å²) in [6.07, 6.45) is 1.63. The van der Waals surface area contributed by atoms with E-state index in [1.165, 1.54) is 10.4 Å². The Morgan fingerprint density at radius 3 is 2.64 bits per heavy atom. The minimum Gasteiger partial charge on any atom is -0.486 e. The van der Waals surface area contributed by atoms with E-state index in [2.05, 4.69) is 62.0 Å². The Labute approximate surface area is 230 Å². The van der Waals surface area contributed by atoms with Crippen LogP contribution in [0.1, 0.15) is 41.2 Å². The molecule has 0 bridgehead atoms. The van der Waals surface area contributed by atoms with Gasteiger partial charge >= 0.3 is 0 Å². The zero-order valence-corrected chi connectivity index (χ0v) is 22.6. The number of rotatable bonds is 10. The summed E-state index contributed by atoms with van der Waals surface area (Å²) in [6, 6.07) is 20.2. The number of nitrogens with zero attached hydrogens (tertiary/aromatic N) is 5. The number of pyridine rings is 1. The number of aromatic amines is 1. The molecule has 1 atom stereocenters. The maximum absolute atomic E-state index is 13.3. The van der Waals surface area contributed by atoms with Crippen molar-refractivity contribution in [2.75, 3.05) is 13.2 Å². The van der Waals surface area contributed by atoms with E-state index in [1.54, 1.807) is 11.3 Å². The molecule has 4 heterocycles. The lowest BCUT2D eigenvalue weighted by Crippen LogP contribution is -2.32. The van der Waals surface area contributed by atoms with E-state index >= 15 is 0 Å². The van der Waals surface area contributed by atoms with E-state index < -0.39 is 0 Å². The second-order valence-electron chi connectivity index (χ2n) is 9.61. The van der Waals surface area contributed by atoms with Gasteiger partial charge in [-0.3, -0.25) is 9.69 Å². The molecule has 5 aromatic rings. The predicted molar refractivity (Wildman–Crippen MR) is 150 cm³/mol. The number of hydrogen-bond donors (Lipinski definition) is 1. The molecule has 3 aromatic heterocycles. The number of hydrogen-bond acceptors (Lipinski definition) is 8. The molecule has 0 saturated heterocycles. The van der Waals surface area contributed by atoms with Crippen molar-refractivity contribution in [3.63, 3.8) is 0 Å². The summed E-state index contributed by atoms with van der Waals surface area (Å²) in [7, 11) is 0. The summed E-state index contributed by atoms with van der Waals surface area (Å²) in [5.41, 5.74) is 2.53. The van der Waals surface area contributed by atoms with Gasteiger partial charge < -0.3 is 14.5 Å². The molecule has 0 radical (unpaired) electrons. The molecule has 1 aliphatic rings. The first-order valence-corrected chi connectivity index (χ1v) is 14.1. The lowest BCUT2D eigenvalue weighted by atomic mass is 10.1. The molecular weight excluding hydrogens is 512 g/mol.